The van der Waals surface area contributed by atoms with Gasteiger partial charge in [0, 0.05) is 19.0 Å². The summed E-state index contributed by atoms with van der Waals surface area (Å²) in [6.45, 7) is 3.81. The first-order chi connectivity index (χ1) is 6.63. The lowest BCUT2D eigenvalue weighted by Crippen LogP contribution is -2.33. The van der Waals surface area contributed by atoms with E-state index in [9.17, 15) is 5.11 Å². The molecule has 1 aliphatic rings. The number of likely N-dealkylation sites (tertiary alicyclic amines) is 1. The Morgan fingerprint density at radius 3 is 2.50 bits per heavy atom. The molecule has 76 valence electrons. The molecule has 0 saturated carbocycles. The number of hydrogen-bond acceptors (Lipinski definition) is 2. The van der Waals surface area contributed by atoms with E-state index in [0.717, 1.165) is 18.7 Å². The second-order valence-electron chi connectivity index (χ2n) is 4.39. The van der Waals surface area contributed by atoms with Gasteiger partial charge in [-0.15, -0.1) is 0 Å². The molecule has 1 heterocycles. The summed E-state index contributed by atoms with van der Waals surface area (Å²) < 4.78 is 0. The van der Waals surface area contributed by atoms with Crippen LogP contribution in [-0.4, -0.2) is 30.1 Å². The van der Waals surface area contributed by atoms with Crippen molar-refractivity contribution < 1.29 is 5.11 Å². The number of nitrogens with zero attached hydrogens (tertiary/aromatic N) is 1. The number of hydrogen-bond donors (Lipinski definition) is 1. The van der Waals surface area contributed by atoms with Gasteiger partial charge in [0.2, 0.25) is 0 Å². The lowest BCUT2D eigenvalue weighted by molar-refractivity contribution is 0.0146. The second-order valence-corrected chi connectivity index (χ2v) is 4.39. The fourth-order valence-electron chi connectivity index (χ4n) is 2.35. The molecule has 14 heavy (non-hydrogen) atoms. The van der Waals surface area contributed by atoms with Gasteiger partial charge in [0.1, 0.15) is 5.60 Å². The molecule has 2 heteroatoms. The van der Waals surface area contributed by atoms with E-state index in [1.54, 1.807) is 0 Å². The number of rotatable bonds is 1. The van der Waals surface area contributed by atoms with Gasteiger partial charge in [0.25, 0.3) is 0 Å². The highest BCUT2D eigenvalue weighted by Crippen LogP contribution is 2.35. The normalized spacial score (nSPS) is 33.5. The second kappa shape index (κ2) is 3.37. The molecule has 1 aliphatic heterocycles. The molecule has 0 radical (unpaired) electrons. The number of likely N-dealkylation sites (N-methyl/N-ethyl adjacent to an activating group) is 1. The van der Waals surface area contributed by atoms with Crippen molar-refractivity contribution in [2.45, 2.75) is 12.5 Å². The highest BCUT2D eigenvalue weighted by molar-refractivity contribution is 5.25. The van der Waals surface area contributed by atoms with Gasteiger partial charge >= 0.3 is 0 Å². The van der Waals surface area contributed by atoms with Gasteiger partial charge in [0.15, 0.2) is 0 Å². The maximum atomic E-state index is 10.6. The van der Waals surface area contributed by atoms with Crippen molar-refractivity contribution in [3.63, 3.8) is 0 Å². The number of β-amino-alcohol motifs (C(OH)–C–C–N with tert-alkyl or cyclic N) is 1. The summed E-state index contributed by atoms with van der Waals surface area (Å²) in [7, 11) is 2.05. The Balaban J connectivity index is 2.33. The summed E-state index contributed by atoms with van der Waals surface area (Å²) in [5.41, 5.74) is 0.382. The molecule has 0 spiro atoms. The summed E-state index contributed by atoms with van der Waals surface area (Å²) >= 11 is 0. The zero-order valence-electron chi connectivity index (χ0n) is 8.77. The monoisotopic (exact) mass is 191 g/mol. The van der Waals surface area contributed by atoms with Gasteiger partial charge in [-0.2, -0.15) is 0 Å². The Morgan fingerprint density at radius 1 is 1.36 bits per heavy atom. The van der Waals surface area contributed by atoms with E-state index in [1.807, 2.05) is 30.3 Å². The van der Waals surface area contributed by atoms with E-state index in [0.29, 0.717) is 5.92 Å². The van der Waals surface area contributed by atoms with Crippen LogP contribution >= 0.6 is 0 Å². The SMILES string of the molecule is CC1CN(C)CC1(O)c1ccccc1. The molecule has 0 aliphatic carbocycles. The molecule has 0 bridgehead atoms. The van der Waals surface area contributed by atoms with E-state index >= 15 is 0 Å². The van der Waals surface area contributed by atoms with E-state index in [-0.39, 0.29) is 0 Å². The van der Waals surface area contributed by atoms with Crippen LogP contribution in [0.15, 0.2) is 30.3 Å². The third kappa shape index (κ3) is 1.45. The van der Waals surface area contributed by atoms with Crippen molar-refractivity contribution in [3.05, 3.63) is 35.9 Å². The smallest absolute Gasteiger partial charge is 0.106 e. The molecule has 0 amide bonds. The summed E-state index contributed by atoms with van der Waals surface area (Å²) in [6, 6.07) is 9.97. The van der Waals surface area contributed by atoms with Gasteiger partial charge in [-0.25, -0.2) is 0 Å². The van der Waals surface area contributed by atoms with Crippen molar-refractivity contribution in [1.29, 1.82) is 0 Å². The first kappa shape index (κ1) is 9.69. The average Bonchev–Trinajstić information content (AvgIpc) is 2.43. The maximum Gasteiger partial charge on any atom is 0.106 e. The van der Waals surface area contributed by atoms with Crippen LogP contribution in [0.2, 0.25) is 0 Å². The van der Waals surface area contributed by atoms with Crippen LogP contribution in [0.25, 0.3) is 0 Å². The minimum atomic E-state index is -0.657. The lowest BCUT2D eigenvalue weighted by atomic mass is 9.85. The first-order valence-corrected chi connectivity index (χ1v) is 5.09. The van der Waals surface area contributed by atoms with Crippen LogP contribution in [0.1, 0.15) is 12.5 Å². The van der Waals surface area contributed by atoms with Gasteiger partial charge in [-0.3, -0.25) is 0 Å². The largest absolute Gasteiger partial charge is 0.383 e. The fourth-order valence-corrected chi connectivity index (χ4v) is 2.35. The minimum Gasteiger partial charge on any atom is -0.383 e. The highest BCUT2D eigenvalue weighted by atomic mass is 16.3. The molecule has 2 nitrogen and oxygen atoms in total. The molecule has 2 rings (SSSR count). The van der Waals surface area contributed by atoms with Crippen LogP contribution in [0.3, 0.4) is 0 Å². The molecule has 1 aromatic rings. The average molecular weight is 191 g/mol. The topological polar surface area (TPSA) is 23.5 Å². The molecule has 0 aromatic heterocycles. The van der Waals surface area contributed by atoms with Crippen molar-refractivity contribution >= 4 is 0 Å². The van der Waals surface area contributed by atoms with Crippen LogP contribution in [0.4, 0.5) is 0 Å². The molecule has 1 N–H and O–H groups in total. The van der Waals surface area contributed by atoms with Crippen molar-refractivity contribution in [3.8, 4) is 0 Å². The van der Waals surface area contributed by atoms with Gasteiger partial charge in [-0.05, 0) is 12.6 Å². The lowest BCUT2D eigenvalue weighted by Gasteiger charge is -2.27. The summed E-state index contributed by atoms with van der Waals surface area (Å²) in [5, 5.41) is 10.6. The predicted octanol–water partition coefficient (Wildman–Crippen LogP) is 1.46. The molecule has 2 atom stereocenters. The Bertz CT molecular complexity index is 311. The quantitative estimate of drug-likeness (QED) is 0.726. The predicted molar refractivity (Wildman–Crippen MR) is 57.0 cm³/mol. The van der Waals surface area contributed by atoms with Gasteiger partial charge < -0.3 is 10.0 Å². The van der Waals surface area contributed by atoms with Crippen molar-refractivity contribution in [2.75, 3.05) is 20.1 Å². The Hall–Kier alpha value is -0.860. The zero-order valence-corrected chi connectivity index (χ0v) is 8.77. The minimum absolute atomic E-state index is 0.301. The summed E-state index contributed by atoms with van der Waals surface area (Å²) in [4.78, 5) is 2.18. The Kier molecular flexibility index (Phi) is 2.33. The highest BCUT2D eigenvalue weighted by Gasteiger charge is 2.42. The van der Waals surface area contributed by atoms with Crippen molar-refractivity contribution in [1.82, 2.24) is 4.90 Å². The molecule has 2 unspecified atom stereocenters. The van der Waals surface area contributed by atoms with Crippen LogP contribution in [0, 0.1) is 5.92 Å². The molecular formula is C12H17NO. The van der Waals surface area contributed by atoms with E-state index < -0.39 is 5.60 Å². The Labute approximate surface area is 85.2 Å². The van der Waals surface area contributed by atoms with E-state index in [2.05, 4.69) is 18.9 Å². The van der Waals surface area contributed by atoms with Gasteiger partial charge in [-0.1, -0.05) is 37.3 Å². The standard InChI is InChI=1S/C12H17NO/c1-10-8-13(2)9-12(10,14)11-6-4-3-5-7-11/h3-7,10,14H,8-9H2,1-2H3. The maximum absolute atomic E-state index is 10.6. The first-order valence-electron chi connectivity index (χ1n) is 5.09. The summed E-state index contributed by atoms with van der Waals surface area (Å²) in [5.74, 6) is 0.301. The number of aliphatic hydroxyl groups is 1. The van der Waals surface area contributed by atoms with Crippen molar-refractivity contribution in [2.24, 2.45) is 5.92 Å². The molecule has 1 saturated heterocycles. The fraction of sp³-hybridized carbons (Fsp3) is 0.500. The van der Waals surface area contributed by atoms with Crippen LogP contribution in [-0.2, 0) is 5.60 Å². The molecular weight excluding hydrogens is 174 g/mol. The van der Waals surface area contributed by atoms with Crippen LogP contribution in [0.5, 0.6) is 0 Å². The van der Waals surface area contributed by atoms with E-state index in [1.165, 1.54) is 0 Å². The third-order valence-electron chi connectivity index (χ3n) is 3.19. The Morgan fingerprint density at radius 2 is 2.00 bits per heavy atom. The molecule has 1 fully saturated rings. The van der Waals surface area contributed by atoms with Gasteiger partial charge in [0.05, 0.1) is 0 Å². The van der Waals surface area contributed by atoms with Crippen LogP contribution < -0.4 is 0 Å². The summed E-state index contributed by atoms with van der Waals surface area (Å²) in [6.07, 6.45) is 0. The molecule has 1 aromatic carbocycles. The van der Waals surface area contributed by atoms with E-state index in [4.69, 9.17) is 0 Å². The zero-order chi connectivity index (χ0) is 10.2. The third-order valence-corrected chi connectivity index (χ3v) is 3.19. The number of benzene rings is 1.